The summed E-state index contributed by atoms with van der Waals surface area (Å²) in [7, 11) is -2.02. The molecule has 4 nitrogen and oxygen atoms in total. The molecule has 0 aliphatic carbocycles. The molecule has 0 aromatic carbocycles. The van der Waals surface area contributed by atoms with Gasteiger partial charge in [-0.2, -0.15) is 0 Å². The van der Waals surface area contributed by atoms with Crippen LogP contribution in [0, 0.1) is 0 Å². The minimum Gasteiger partial charge on any atom is -0.393 e. The number of nitrogens with zero attached hydrogens (tertiary/aromatic N) is 1. The molecule has 1 aromatic rings. The van der Waals surface area contributed by atoms with Gasteiger partial charge in [0, 0.05) is 13.6 Å². The molecule has 0 fully saturated rings. The van der Waals surface area contributed by atoms with Crippen LogP contribution in [0.5, 0.6) is 0 Å². The third-order valence-corrected chi connectivity index (χ3v) is 6.93. The van der Waals surface area contributed by atoms with E-state index >= 15 is 0 Å². The molecule has 1 atom stereocenters. The van der Waals surface area contributed by atoms with Crippen LogP contribution < -0.4 is 0 Å². The zero-order valence-corrected chi connectivity index (χ0v) is 13.3. The fourth-order valence-electron chi connectivity index (χ4n) is 1.10. The van der Waals surface area contributed by atoms with Crippen LogP contribution in [0.3, 0.4) is 0 Å². The number of hydrogen-bond donors (Lipinski definition) is 1. The largest absolute Gasteiger partial charge is 0.393 e. The van der Waals surface area contributed by atoms with Crippen LogP contribution >= 0.6 is 38.9 Å². The summed E-state index contributed by atoms with van der Waals surface area (Å²) in [4.78, 5) is 0. The van der Waals surface area contributed by atoms with Gasteiger partial charge >= 0.3 is 0 Å². The van der Waals surface area contributed by atoms with Crippen molar-refractivity contribution in [2.24, 2.45) is 0 Å². The molecule has 0 saturated carbocycles. The number of sulfonamides is 1. The summed E-state index contributed by atoms with van der Waals surface area (Å²) < 4.78 is 26.2. The summed E-state index contributed by atoms with van der Waals surface area (Å²) in [5.74, 6) is 0. The zero-order valence-electron chi connectivity index (χ0n) is 9.35. The normalized spacial score (nSPS) is 14.2. The molecular weight excluding hydrogens is 350 g/mol. The van der Waals surface area contributed by atoms with Crippen LogP contribution in [0.1, 0.15) is 13.3 Å². The molecule has 17 heavy (non-hydrogen) atoms. The van der Waals surface area contributed by atoms with Gasteiger partial charge < -0.3 is 5.11 Å². The van der Waals surface area contributed by atoms with Gasteiger partial charge in [-0.05, 0) is 35.3 Å². The predicted octanol–water partition coefficient (Wildman–Crippen LogP) is 2.56. The Hall–Kier alpha value is 0.340. The minimum atomic E-state index is -3.51. The summed E-state index contributed by atoms with van der Waals surface area (Å²) in [5.41, 5.74) is 0. The number of aliphatic hydroxyl groups excluding tert-OH is 1. The Labute approximate surface area is 118 Å². The highest BCUT2D eigenvalue weighted by Crippen LogP contribution is 2.35. The Balaban J connectivity index is 2.87. The molecule has 0 amide bonds. The lowest BCUT2D eigenvalue weighted by Crippen LogP contribution is -2.29. The van der Waals surface area contributed by atoms with Gasteiger partial charge in [-0.3, -0.25) is 0 Å². The Bertz CT molecular complexity index is 467. The third kappa shape index (κ3) is 3.90. The highest BCUT2D eigenvalue weighted by atomic mass is 79.9. The molecule has 1 rings (SSSR count). The molecule has 0 radical (unpaired) electrons. The van der Waals surface area contributed by atoms with Crippen molar-refractivity contribution in [2.75, 3.05) is 13.6 Å². The molecule has 1 aromatic heterocycles. The van der Waals surface area contributed by atoms with Crippen molar-refractivity contribution < 1.29 is 13.5 Å². The second kappa shape index (κ2) is 5.99. The Morgan fingerprint density at radius 2 is 2.24 bits per heavy atom. The highest BCUT2D eigenvalue weighted by molar-refractivity contribution is 9.11. The summed E-state index contributed by atoms with van der Waals surface area (Å²) in [6.45, 7) is 1.90. The Kier molecular flexibility index (Phi) is 5.42. The molecule has 8 heteroatoms. The lowest BCUT2D eigenvalue weighted by Gasteiger charge is -2.16. The van der Waals surface area contributed by atoms with Gasteiger partial charge in [0.1, 0.15) is 4.21 Å². The van der Waals surface area contributed by atoms with E-state index in [2.05, 4.69) is 15.9 Å². The molecule has 1 unspecified atom stereocenters. The van der Waals surface area contributed by atoms with Crippen LogP contribution in [0.2, 0.25) is 5.02 Å². The standard InChI is InChI=1S/C9H13BrClNO3S2/c1-6(13)3-4-12(2)17(14,15)8-5-7(11)9(10)16-8/h5-6,13H,3-4H2,1-2H3. The van der Waals surface area contributed by atoms with Gasteiger partial charge in [-0.15, -0.1) is 11.3 Å². The van der Waals surface area contributed by atoms with Crippen molar-refractivity contribution in [1.82, 2.24) is 4.31 Å². The first-order valence-corrected chi connectivity index (χ1v) is 8.27. The van der Waals surface area contributed by atoms with Gasteiger partial charge in [-0.25, -0.2) is 12.7 Å². The third-order valence-electron chi connectivity index (χ3n) is 2.15. The molecular formula is C9H13BrClNO3S2. The average molecular weight is 363 g/mol. The topological polar surface area (TPSA) is 57.6 Å². The van der Waals surface area contributed by atoms with Crippen molar-refractivity contribution >= 4 is 48.9 Å². The van der Waals surface area contributed by atoms with Gasteiger partial charge in [0.2, 0.25) is 0 Å². The van der Waals surface area contributed by atoms with E-state index in [0.717, 1.165) is 11.3 Å². The minimum absolute atomic E-state index is 0.197. The maximum Gasteiger partial charge on any atom is 0.252 e. The molecule has 1 heterocycles. The maximum atomic E-state index is 12.1. The van der Waals surface area contributed by atoms with Crippen LogP contribution in [-0.2, 0) is 10.0 Å². The molecule has 98 valence electrons. The first-order valence-electron chi connectivity index (χ1n) is 4.84. The molecule has 1 N–H and O–H groups in total. The fraction of sp³-hybridized carbons (Fsp3) is 0.556. The number of hydrogen-bond acceptors (Lipinski definition) is 4. The van der Waals surface area contributed by atoms with E-state index in [1.807, 2.05) is 0 Å². The number of thiophene rings is 1. The van der Waals surface area contributed by atoms with Crippen LogP contribution in [0.25, 0.3) is 0 Å². The predicted molar refractivity (Wildman–Crippen MR) is 73.1 cm³/mol. The maximum absolute atomic E-state index is 12.1. The van der Waals surface area contributed by atoms with E-state index in [1.54, 1.807) is 6.92 Å². The van der Waals surface area contributed by atoms with Crippen LogP contribution in [0.15, 0.2) is 14.1 Å². The average Bonchev–Trinajstić information content (AvgIpc) is 2.56. The molecule has 0 aliphatic heterocycles. The lowest BCUT2D eigenvalue weighted by atomic mass is 10.3. The molecule has 0 bridgehead atoms. The van der Waals surface area contributed by atoms with E-state index in [9.17, 15) is 8.42 Å². The van der Waals surface area contributed by atoms with Gasteiger partial charge in [0.15, 0.2) is 0 Å². The second-order valence-corrected chi connectivity index (χ2v) is 8.70. The summed E-state index contributed by atoms with van der Waals surface area (Å²) in [5, 5.41) is 9.52. The van der Waals surface area contributed by atoms with Crippen molar-refractivity contribution in [1.29, 1.82) is 0 Å². The van der Waals surface area contributed by atoms with Crippen molar-refractivity contribution in [3.63, 3.8) is 0 Å². The second-order valence-electron chi connectivity index (χ2n) is 3.65. The van der Waals surface area contributed by atoms with Gasteiger partial charge in [-0.1, -0.05) is 11.6 Å². The van der Waals surface area contributed by atoms with Gasteiger partial charge in [0.25, 0.3) is 10.0 Å². The summed E-state index contributed by atoms with van der Waals surface area (Å²) >= 11 is 10.1. The van der Waals surface area contributed by atoms with Gasteiger partial charge in [0.05, 0.1) is 14.9 Å². The van der Waals surface area contributed by atoms with Crippen LogP contribution in [-0.4, -0.2) is 37.5 Å². The molecule has 0 aliphatic rings. The summed E-state index contributed by atoms with van der Waals surface area (Å²) in [6.07, 6.45) is -0.123. The van der Waals surface area contributed by atoms with E-state index in [0.29, 0.717) is 15.2 Å². The Morgan fingerprint density at radius 1 is 1.65 bits per heavy atom. The fourth-order valence-corrected chi connectivity index (χ4v) is 4.89. The zero-order chi connectivity index (χ0) is 13.2. The first-order chi connectivity index (χ1) is 7.75. The van der Waals surface area contributed by atoms with E-state index in [-0.39, 0.29) is 10.8 Å². The SMILES string of the molecule is CC(O)CCN(C)S(=O)(=O)c1cc(Cl)c(Br)s1. The Morgan fingerprint density at radius 3 is 2.65 bits per heavy atom. The van der Waals surface area contributed by atoms with Crippen molar-refractivity contribution in [3.8, 4) is 0 Å². The quantitative estimate of drug-likeness (QED) is 0.876. The van der Waals surface area contributed by atoms with E-state index in [1.165, 1.54) is 17.4 Å². The smallest absolute Gasteiger partial charge is 0.252 e. The highest BCUT2D eigenvalue weighted by Gasteiger charge is 2.24. The number of halogens is 2. The lowest BCUT2D eigenvalue weighted by molar-refractivity contribution is 0.177. The van der Waals surface area contributed by atoms with E-state index in [4.69, 9.17) is 16.7 Å². The number of aliphatic hydroxyl groups is 1. The van der Waals surface area contributed by atoms with Crippen molar-refractivity contribution in [3.05, 3.63) is 14.9 Å². The molecule has 0 spiro atoms. The van der Waals surface area contributed by atoms with Crippen LogP contribution in [0.4, 0.5) is 0 Å². The van der Waals surface area contributed by atoms with E-state index < -0.39 is 16.1 Å². The van der Waals surface area contributed by atoms with Crippen molar-refractivity contribution in [2.45, 2.75) is 23.7 Å². The number of rotatable bonds is 5. The monoisotopic (exact) mass is 361 g/mol. The summed E-state index contributed by atoms with van der Waals surface area (Å²) in [6, 6.07) is 1.42. The molecule has 0 saturated heterocycles. The first kappa shape index (κ1) is 15.4.